The Morgan fingerprint density at radius 3 is 2.47 bits per heavy atom. The van der Waals surface area contributed by atoms with E-state index in [1.807, 2.05) is 0 Å². The normalized spacial score (nSPS) is 19.9. The Bertz CT molecular complexity index is 371. The van der Waals surface area contributed by atoms with Gasteiger partial charge in [0.15, 0.2) is 0 Å². The monoisotopic (exact) mass is 225 g/mol. The minimum atomic E-state index is 0.266. The molecule has 3 nitrogen and oxygen atoms in total. The Labute approximate surface area is 95.7 Å². The first-order valence-corrected chi connectivity index (χ1v) is 6.18. The molecule has 1 saturated carbocycles. The maximum absolute atomic E-state index is 5.03. The molecule has 2 N–H and O–H groups in total. The maximum atomic E-state index is 5.03. The molecule has 84 valence electrons. The lowest BCUT2D eigenvalue weighted by Gasteiger charge is -2.28. The maximum Gasteiger partial charge on any atom is 0.213 e. The average molecular weight is 225 g/mol. The van der Waals surface area contributed by atoms with Crippen LogP contribution in [0.4, 0.5) is 0 Å². The second-order valence-electron chi connectivity index (χ2n) is 5.10. The molecule has 4 heteroatoms. The lowest BCUT2D eigenvalue weighted by molar-refractivity contribution is 0.329. The molecule has 1 aliphatic rings. The highest BCUT2D eigenvalue weighted by atomic mass is 32.1. The Hall–Kier alpha value is -0.640. The van der Waals surface area contributed by atoms with E-state index >= 15 is 0 Å². The van der Waals surface area contributed by atoms with Gasteiger partial charge >= 0.3 is 0 Å². The summed E-state index contributed by atoms with van der Waals surface area (Å²) >= 11 is 5.03. The zero-order valence-electron chi connectivity index (χ0n) is 9.47. The Morgan fingerprint density at radius 1 is 1.33 bits per heavy atom. The van der Waals surface area contributed by atoms with Crippen molar-refractivity contribution in [3.63, 3.8) is 0 Å². The quantitative estimate of drug-likeness (QED) is 0.775. The summed E-state index contributed by atoms with van der Waals surface area (Å²) in [5.74, 6) is 1.79. The molecule has 1 fully saturated rings. The first-order chi connectivity index (χ1) is 7.12. The van der Waals surface area contributed by atoms with E-state index in [1.165, 1.54) is 32.1 Å². The fourth-order valence-corrected chi connectivity index (χ4v) is 3.03. The molecular weight excluding hydrogens is 206 g/mol. The average Bonchev–Trinajstić information content (AvgIpc) is 2.73. The summed E-state index contributed by atoms with van der Waals surface area (Å²) < 4.78 is 0.583. The zero-order chi connectivity index (χ0) is 10.9. The van der Waals surface area contributed by atoms with Gasteiger partial charge < -0.3 is 0 Å². The zero-order valence-corrected chi connectivity index (χ0v) is 10.3. The summed E-state index contributed by atoms with van der Waals surface area (Å²) in [5, 5.41) is 6.08. The molecule has 0 saturated heterocycles. The van der Waals surface area contributed by atoms with Gasteiger partial charge in [0.05, 0.1) is 0 Å². The minimum absolute atomic E-state index is 0.266. The van der Waals surface area contributed by atoms with Crippen molar-refractivity contribution < 1.29 is 0 Å². The van der Waals surface area contributed by atoms with Crippen molar-refractivity contribution in [1.29, 1.82) is 0 Å². The molecule has 0 atom stereocenters. The first kappa shape index (κ1) is 10.9. The second-order valence-corrected chi connectivity index (χ2v) is 5.49. The molecular formula is C11H19N3S. The highest BCUT2D eigenvalue weighted by molar-refractivity contribution is 7.71. The van der Waals surface area contributed by atoms with Crippen LogP contribution in [0, 0.1) is 10.7 Å². The summed E-state index contributed by atoms with van der Waals surface area (Å²) in [6.45, 7) is 4.56. The van der Waals surface area contributed by atoms with Crippen LogP contribution >= 0.6 is 12.2 Å². The number of hydrogen-bond acceptors (Lipinski definition) is 2. The lowest BCUT2D eigenvalue weighted by Crippen LogP contribution is -2.26. The van der Waals surface area contributed by atoms with Crippen molar-refractivity contribution in [2.24, 2.45) is 5.92 Å². The van der Waals surface area contributed by atoms with E-state index in [1.54, 1.807) is 0 Å². The Kier molecular flexibility index (Phi) is 2.96. The summed E-state index contributed by atoms with van der Waals surface area (Å²) in [7, 11) is 0. The molecule has 1 heterocycles. The van der Waals surface area contributed by atoms with Gasteiger partial charge in [-0.05, 0) is 37.4 Å². The molecule has 0 spiro atoms. The molecule has 1 aromatic rings. The van der Waals surface area contributed by atoms with E-state index in [2.05, 4.69) is 29.0 Å². The van der Waals surface area contributed by atoms with E-state index in [4.69, 9.17) is 12.2 Å². The largest absolute Gasteiger partial charge is 0.285 e. The Morgan fingerprint density at radius 2 is 2.00 bits per heavy atom. The van der Waals surface area contributed by atoms with E-state index in [-0.39, 0.29) is 5.41 Å². The number of nitrogens with zero attached hydrogens (tertiary/aromatic N) is 1. The SMILES string of the molecule is CC(C)CC1(c2nc(=S)[nH][nH]2)CCCC1. The third-order valence-corrected chi connectivity index (χ3v) is 3.56. The van der Waals surface area contributed by atoms with Crippen LogP contribution in [0.1, 0.15) is 51.8 Å². The molecule has 1 aliphatic carbocycles. The molecule has 0 amide bonds. The number of H-pyrrole nitrogens is 2. The molecule has 0 aliphatic heterocycles. The van der Waals surface area contributed by atoms with Crippen LogP contribution in [0.25, 0.3) is 0 Å². The number of aromatic nitrogens is 3. The third-order valence-electron chi connectivity index (χ3n) is 3.36. The van der Waals surface area contributed by atoms with Crippen molar-refractivity contribution in [1.82, 2.24) is 15.2 Å². The van der Waals surface area contributed by atoms with Crippen molar-refractivity contribution in [3.8, 4) is 0 Å². The van der Waals surface area contributed by atoms with Crippen molar-refractivity contribution in [2.45, 2.75) is 51.4 Å². The topological polar surface area (TPSA) is 44.5 Å². The van der Waals surface area contributed by atoms with Gasteiger partial charge in [-0.25, -0.2) is 4.98 Å². The summed E-state index contributed by atoms with van der Waals surface area (Å²) in [4.78, 5) is 4.42. The second kappa shape index (κ2) is 4.08. The van der Waals surface area contributed by atoms with Crippen LogP contribution in [0.3, 0.4) is 0 Å². The van der Waals surface area contributed by atoms with Gasteiger partial charge in [-0.2, -0.15) is 0 Å². The molecule has 1 aromatic heterocycles. The Balaban J connectivity index is 2.29. The first-order valence-electron chi connectivity index (χ1n) is 5.77. The number of nitrogens with one attached hydrogen (secondary N) is 2. The number of rotatable bonds is 3. The van der Waals surface area contributed by atoms with Gasteiger partial charge in [0.1, 0.15) is 5.82 Å². The van der Waals surface area contributed by atoms with Crippen molar-refractivity contribution in [3.05, 3.63) is 10.6 Å². The van der Waals surface area contributed by atoms with Gasteiger partial charge in [0.25, 0.3) is 0 Å². The van der Waals surface area contributed by atoms with Gasteiger partial charge in [0.2, 0.25) is 4.77 Å². The highest BCUT2D eigenvalue weighted by Crippen LogP contribution is 2.43. The standard InChI is InChI=1S/C11H19N3S/c1-8(2)7-11(5-3-4-6-11)9-12-10(15)14-13-9/h8H,3-7H2,1-2H3,(H2,12,13,14,15). The third kappa shape index (κ3) is 2.14. The van der Waals surface area contributed by atoms with Crippen molar-refractivity contribution >= 4 is 12.2 Å². The van der Waals surface area contributed by atoms with Gasteiger partial charge in [-0.3, -0.25) is 10.2 Å². The smallest absolute Gasteiger partial charge is 0.213 e. The van der Waals surface area contributed by atoms with E-state index < -0.39 is 0 Å². The fraction of sp³-hybridized carbons (Fsp3) is 0.818. The number of hydrogen-bond donors (Lipinski definition) is 2. The summed E-state index contributed by atoms with van der Waals surface area (Å²) in [6.07, 6.45) is 6.35. The lowest BCUT2D eigenvalue weighted by atomic mass is 9.78. The fourth-order valence-electron chi connectivity index (χ4n) is 2.89. The minimum Gasteiger partial charge on any atom is -0.285 e. The van der Waals surface area contributed by atoms with E-state index in [9.17, 15) is 0 Å². The van der Waals surface area contributed by atoms with Crippen LogP contribution in [0.15, 0.2) is 0 Å². The number of aromatic amines is 2. The van der Waals surface area contributed by atoms with Crippen LogP contribution in [0.5, 0.6) is 0 Å². The van der Waals surface area contributed by atoms with E-state index in [0.29, 0.717) is 10.7 Å². The molecule has 0 unspecified atom stereocenters. The van der Waals surface area contributed by atoms with Crippen LogP contribution < -0.4 is 0 Å². The van der Waals surface area contributed by atoms with Gasteiger partial charge in [-0.15, -0.1) is 0 Å². The van der Waals surface area contributed by atoms with Crippen molar-refractivity contribution in [2.75, 3.05) is 0 Å². The molecule has 0 bridgehead atoms. The predicted molar refractivity (Wildman–Crippen MR) is 63.4 cm³/mol. The molecule has 0 aromatic carbocycles. The molecule has 15 heavy (non-hydrogen) atoms. The van der Waals surface area contributed by atoms with E-state index in [0.717, 1.165) is 5.82 Å². The molecule has 2 rings (SSSR count). The van der Waals surface area contributed by atoms with Crippen LogP contribution in [0.2, 0.25) is 0 Å². The molecule has 0 radical (unpaired) electrons. The van der Waals surface area contributed by atoms with Gasteiger partial charge in [-0.1, -0.05) is 26.7 Å². The highest BCUT2D eigenvalue weighted by Gasteiger charge is 2.38. The summed E-state index contributed by atoms with van der Waals surface area (Å²) in [6, 6.07) is 0. The van der Waals surface area contributed by atoms with Crippen LogP contribution in [-0.2, 0) is 5.41 Å². The summed E-state index contributed by atoms with van der Waals surface area (Å²) in [5.41, 5.74) is 0.266. The van der Waals surface area contributed by atoms with Gasteiger partial charge in [0, 0.05) is 5.41 Å². The predicted octanol–water partition coefficient (Wildman–Crippen LogP) is 3.33. The van der Waals surface area contributed by atoms with Crippen LogP contribution in [-0.4, -0.2) is 15.2 Å².